The van der Waals surface area contributed by atoms with Crippen molar-refractivity contribution >= 4 is 39.4 Å². The quantitative estimate of drug-likeness (QED) is 0.480. The fourth-order valence-electron chi connectivity index (χ4n) is 4.14. The van der Waals surface area contributed by atoms with E-state index in [1.807, 2.05) is 41.3 Å². The molecule has 4 aromatic rings. The third kappa shape index (κ3) is 4.22. The van der Waals surface area contributed by atoms with E-state index >= 15 is 0 Å². The van der Waals surface area contributed by atoms with Crippen LogP contribution in [0.25, 0.3) is 27.6 Å². The van der Waals surface area contributed by atoms with E-state index in [1.54, 1.807) is 32.6 Å². The number of aromatic nitrogens is 2. The molecule has 0 spiro atoms. The van der Waals surface area contributed by atoms with Crippen molar-refractivity contribution in [2.45, 2.75) is 12.8 Å². The zero-order valence-electron chi connectivity index (χ0n) is 18.6. The molecule has 0 aliphatic carbocycles. The molecule has 0 bridgehead atoms. The normalized spacial score (nSPS) is 13.9. The minimum Gasteiger partial charge on any atom is -0.451 e. The Kier molecular flexibility index (Phi) is 5.38. The maximum atomic E-state index is 13.0. The van der Waals surface area contributed by atoms with Crippen LogP contribution < -0.4 is 0 Å². The van der Waals surface area contributed by atoms with E-state index in [0.717, 1.165) is 39.5 Å². The molecule has 5 rings (SSSR count). The van der Waals surface area contributed by atoms with Gasteiger partial charge >= 0.3 is 0 Å². The second-order valence-corrected chi connectivity index (χ2v) is 8.45. The third-order valence-corrected chi connectivity index (χ3v) is 5.90. The van der Waals surface area contributed by atoms with Crippen molar-refractivity contribution in [3.63, 3.8) is 0 Å². The van der Waals surface area contributed by atoms with Crippen molar-refractivity contribution in [2.24, 2.45) is 0 Å². The predicted octanol–water partition coefficient (Wildman–Crippen LogP) is 3.94. The Labute approximate surface area is 191 Å². The summed E-state index contributed by atoms with van der Waals surface area (Å²) in [5.41, 5.74) is 5.35. The second kappa shape index (κ2) is 8.50. The van der Waals surface area contributed by atoms with Gasteiger partial charge in [0.15, 0.2) is 5.76 Å². The molecule has 0 N–H and O–H groups in total. The van der Waals surface area contributed by atoms with Crippen molar-refractivity contribution in [1.82, 2.24) is 19.8 Å². The van der Waals surface area contributed by atoms with Crippen LogP contribution in [0, 0.1) is 0 Å². The van der Waals surface area contributed by atoms with Crippen LogP contribution in [-0.2, 0) is 11.2 Å². The molecule has 0 saturated carbocycles. The van der Waals surface area contributed by atoms with Gasteiger partial charge in [-0.2, -0.15) is 0 Å². The maximum absolute atomic E-state index is 13.0. The van der Waals surface area contributed by atoms with Gasteiger partial charge in [-0.1, -0.05) is 18.2 Å². The molecule has 166 valence electrons. The summed E-state index contributed by atoms with van der Waals surface area (Å²) in [5, 5.41) is 0.874. The van der Waals surface area contributed by atoms with Gasteiger partial charge in [0, 0.05) is 45.0 Å². The summed E-state index contributed by atoms with van der Waals surface area (Å²) in [6.45, 7) is 1.25. The van der Waals surface area contributed by atoms with E-state index in [0.29, 0.717) is 30.9 Å². The van der Waals surface area contributed by atoms with Crippen molar-refractivity contribution in [3.05, 3.63) is 77.8 Å². The molecule has 7 heteroatoms. The first-order chi connectivity index (χ1) is 16.0. The van der Waals surface area contributed by atoms with E-state index in [9.17, 15) is 9.59 Å². The number of carbonyl (C=O) groups excluding carboxylic acids is 2. The van der Waals surface area contributed by atoms with Crippen LogP contribution in [-0.4, -0.2) is 58.8 Å². The van der Waals surface area contributed by atoms with Crippen LogP contribution in [0.15, 0.2) is 65.4 Å². The summed E-state index contributed by atoms with van der Waals surface area (Å²) in [7, 11) is 3.40. The lowest BCUT2D eigenvalue weighted by Gasteiger charge is -2.28. The number of hydrogen-bond donors (Lipinski definition) is 0. The Bertz CT molecular complexity index is 1400. The Morgan fingerprint density at radius 3 is 2.67 bits per heavy atom. The van der Waals surface area contributed by atoms with Crippen LogP contribution in [0.4, 0.5) is 0 Å². The minimum atomic E-state index is -0.166. The number of carbonyl (C=O) groups is 2. The molecule has 0 saturated heterocycles. The molecule has 0 radical (unpaired) electrons. The molecule has 33 heavy (non-hydrogen) atoms. The Hall–Kier alpha value is -4.00. The van der Waals surface area contributed by atoms with Crippen molar-refractivity contribution in [2.75, 3.05) is 27.2 Å². The Balaban J connectivity index is 1.32. The molecule has 3 heterocycles. The summed E-state index contributed by atoms with van der Waals surface area (Å²) in [6, 6.07) is 13.4. The summed E-state index contributed by atoms with van der Waals surface area (Å²) in [5.74, 6) is 0.245. The van der Waals surface area contributed by atoms with Crippen LogP contribution in [0.1, 0.15) is 28.1 Å². The van der Waals surface area contributed by atoms with Gasteiger partial charge in [0.1, 0.15) is 5.58 Å². The standard InChI is InChI=1S/C26H24N4O3/c1-29(2)26(32)24-15-20-14-18(6-8-23(20)33-24)19-4-3-11-30(16-19)25(31)13-17-5-7-21-22(12-17)28-10-9-27-21/h4-10,12,14-15H,3,11,13,16H2,1-2H3. The average molecular weight is 441 g/mol. The molecular formula is C26H24N4O3. The number of fused-ring (bicyclic) bond motifs is 2. The third-order valence-electron chi connectivity index (χ3n) is 5.90. The molecule has 1 aliphatic heterocycles. The topological polar surface area (TPSA) is 79.5 Å². The molecule has 0 fully saturated rings. The lowest BCUT2D eigenvalue weighted by atomic mass is 9.99. The summed E-state index contributed by atoms with van der Waals surface area (Å²) in [4.78, 5) is 37.3. The number of benzene rings is 2. The minimum absolute atomic E-state index is 0.0899. The molecule has 0 atom stereocenters. The molecule has 0 unspecified atom stereocenters. The summed E-state index contributed by atoms with van der Waals surface area (Å²) < 4.78 is 5.70. The van der Waals surface area contributed by atoms with E-state index in [4.69, 9.17) is 4.42 Å². The highest BCUT2D eigenvalue weighted by Gasteiger charge is 2.21. The lowest BCUT2D eigenvalue weighted by molar-refractivity contribution is -0.129. The zero-order valence-corrected chi connectivity index (χ0v) is 18.6. The monoisotopic (exact) mass is 440 g/mol. The van der Waals surface area contributed by atoms with Crippen LogP contribution in [0.3, 0.4) is 0 Å². The zero-order chi connectivity index (χ0) is 22.9. The van der Waals surface area contributed by atoms with Gasteiger partial charge in [0.2, 0.25) is 5.91 Å². The van der Waals surface area contributed by atoms with E-state index in [-0.39, 0.29) is 11.8 Å². The van der Waals surface area contributed by atoms with Crippen molar-refractivity contribution < 1.29 is 14.0 Å². The van der Waals surface area contributed by atoms with Gasteiger partial charge < -0.3 is 14.2 Å². The lowest BCUT2D eigenvalue weighted by Crippen LogP contribution is -2.36. The van der Waals surface area contributed by atoms with Gasteiger partial charge in [-0.05, 0) is 53.5 Å². The first kappa shape index (κ1) is 20.9. The number of hydrogen-bond acceptors (Lipinski definition) is 5. The van der Waals surface area contributed by atoms with Gasteiger partial charge in [0.25, 0.3) is 5.91 Å². The molecular weight excluding hydrogens is 416 g/mol. The van der Waals surface area contributed by atoms with E-state index in [1.165, 1.54) is 4.90 Å². The molecule has 7 nitrogen and oxygen atoms in total. The molecule has 1 aliphatic rings. The Morgan fingerprint density at radius 2 is 1.85 bits per heavy atom. The first-order valence-electron chi connectivity index (χ1n) is 10.9. The molecule has 2 amide bonds. The first-order valence-corrected chi connectivity index (χ1v) is 10.9. The number of rotatable bonds is 4. The Morgan fingerprint density at radius 1 is 1.03 bits per heavy atom. The highest BCUT2D eigenvalue weighted by atomic mass is 16.3. The number of amides is 2. The maximum Gasteiger partial charge on any atom is 0.289 e. The summed E-state index contributed by atoms with van der Waals surface area (Å²) in [6.07, 6.45) is 6.64. The van der Waals surface area contributed by atoms with Crippen LogP contribution in [0.2, 0.25) is 0 Å². The SMILES string of the molecule is CN(C)C(=O)c1cc2cc(C3=CCCN(C(=O)Cc4ccc5nccnc5c4)C3)ccc2o1. The van der Waals surface area contributed by atoms with Crippen molar-refractivity contribution in [3.8, 4) is 0 Å². The predicted molar refractivity (Wildman–Crippen MR) is 127 cm³/mol. The highest BCUT2D eigenvalue weighted by molar-refractivity contribution is 5.96. The van der Waals surface area contributed by atoms with E-state index in [2.05, 4.69) is 16.0 Å². The van der Waals surface area contributed by atoms with Gasteiger partial charge in [0.05, 0.1) is 17.5 Å². The van der Waals surface area contributed by atoms with Crippen molar-refractivity contribution in [1.29, 1.82) is 0 Å². The molecule has 2 aromatic carbocycles. The van der Waals surface area contributed by atoms with Crippen LogP contribution in [0.5, 0.6) is 0 Å². The van der Waals surface area contributed by atoms with Gasteiger partial charge in [-0.25, -0.2) is 0 Å². The highest BCUT2D eigenvalue weighted by Crippen LogP contribution is 2.27. The van der Waals surface area contributed by atoms with Gasteiger partial charge in [-0.3, -0.25) is 19.6 Å². The number of furan rings is 1. The second-order valence-electron chi connectivity index (χ2n) is 8.45. The van der Waals surface area contributed by atoms with Gasteiger partial charge in [-0.15, -0.1) is 0 Å². The smallest absolute Gasteiger partial charge is 0.289 e. The largest absolute Gasteiger partial charge is 0.451 e. The van der Waals surface area contributed by atoms with E-state index < -0.39 is 0 Å². The summed E-state index contributed by atoms with van der Waals surface area (Å²) >= 11 is 0. The number of nitrogens with zero attached hydrogens (tertiary/aromatic N) is 4. The van der Waals surface area contributed by atoms with Crippen LogP contribution >= 0.6 is 0 Å². The molecule has 2 aromatic heterocycles. The fourth-order valence-corrected chi connectivity index (χ4v) is 4.14. The fraction of sp³-hybridized carbons (Fsp3) is 0.231. The average Bonchev–Trinajstić information content (AvgIpc) is 3.27.